The fraction of sp³-hybridized carbons (Fsp3) is 0.512. The molecule has 1 fully saturated rings. The molecule has 12 heteroatoms. The molecule has 1 amide bonds. The van der Waals surface area contributed by atoms with Gasteiger partial charge in [0.25, 0.3) is 5.97 Å². The van der Waals surface area contributed by atoms with Crippen molar-refractivity contribution in [1.29, 1.82) is 0 Å². The van der Waals surface area contributed by atoms with Crippen LogP contribution in [0.1, 0.15) is 51.7 Å². The Balaban J connectivity index is 1.37. The van der Waals surface area contributed by atoms with Crippen LogP contribution in [-0.4, -0.2) is 85.9 Å². The number of hydrogen-bond acceptors (Lipinski definition) is 11. The molecule has 1 heterocycles. The van der Waals surface area contributed by atoms with Gasteiger partial charge in [-0.2, -0.15) is 0 Å². The van der Waals surface area contributed by atoms with Crippen molar-refractivity contribution in [1.82, 2.24) is 4.90 Å². The van der Waals surface area contributed by atoms with Gasteiger partial charge in [-0.15, -0.1) is 0 Å². The number of benzene rings is 2. The zero-order valence-electron chi connectivity index (χ0n) is 32.7. The highest BCUT2D eigenvalue weighted by molar-refractivity contribution is 5.99. The van der Waals surface area contributed by atoms with Gasteiger partial charge in [0.1, 0.15) is 6.61 Å². The van der Waals surface area contributed by atoms with Crippen molar-refractivity contribution in [3.05, 3.63) is 95.1 Å². The Morgan fingerprint density at radius 1 is 1.00 bits per heavy atom. The monoisotopic (exact) mass is 759 g/mol. The maximum Gasteiger partial charge on any atom is 0.415 e. The van der Waals surface area contributed by atoms with Crippen LogP contribution in [0.25, 0.3) is 0 Å². The van der Waals surface area contributed by atoms with E-state index < -0.39 is 30.2 Å². The molecule has 0 aromatic heterocycles. The quantitative estimate of drug-likeness (QED) is 0.183. The summed E-state index contributed by atoms with van der Waals surface area (Å²) < 4.78 is 29.9. The molecule has 0 radical (unpaired) electrons. The lowest BCUT2D eigenvalue weighted by molar-refractivity contribution is -0.384. The van der Waals surface area contributed by atoms with Crippen LogP contribution in [0.2, 0.25) is 0 Å². The Labute approximate surface area is 324 Å². The summed E-state index contributed by atoms with van der Waals surface area (Å²) in [6.45, 7) is 13.1. The maximum atomic E-state index is 13.7. The first-order valence-electron chi connectivity index (χ1n) is 19.1. The second-order valence-electron chi connectivity index (χ2n) is 15.2. The molecule has 298 valence electrons. The van der Waals surface area contributed by atoms with Gasteiger partial charge < -0.3 is 45.2 Å². The summed E-state index contributed by atoms with van der Waals surface area (Å²) in [4.78, 5) is 41.1. The van der Waals surface area contributed by atoms with Gasteiger partial charge in [-0.05, 0) is 85.8 Å². The normalized spacial score (nSPS) is 27.9. The first-order valence-corrected chi connectivity index (χ1v) is 19.1. The SMILES string of the molecule is C=C(C)C1C[C@@H](C)C2C(C=C(COC(=O)Cc3ccc(OC(=O)N(CCN)CCN)c(OC)c3)CC3C(=O)C(C)=CC32)C(C)O[C@](O)(Cc2ccccc2)O1. The number of allylic oxidation sites excluding steroid dienone is 2. The first kappa shape index (κ1) is 41.8. The molecule has 6 unspecified atom stereocenters. The van der Waals surface area contributed by atoms with Crippen LogP contribution < -0.4 is 20.9 Å². The van der Waals surface area contributed by atoms with E-state index in [2.05, 4.69) is 25.7 Å². The fourth-order valence-corrected chi connectivity index (χ4v) is 8.33. The molecule has 1 saturated heterocycles. The summed E-state index contributed by atoms with van der Waals surface area (Å²) in [5.41, 5.74) is 15.0. The van der Waals surface area contributed by atoms with E-state index in [0.29, 0.717) is 18.4 Å². The van der Waals surface area contributed by atoms with Crippen LogP contribution in [0.5, 0.6) is 11.5 Å². The summed E-state index contributed by atoms with van der Waals surface area (Å²) >= 11 is 0. The minimum Gasteiger partial charge on any atom is -0.493 e. The molecule has 2 aromatic carbocycles. The Morgan fingerprint density at radius 2 is 1.71 bits per heavy atom. The van der Waals surface area contributed by atoms with E-state index in [9.17, 15) is 19.5 Å². The number of ether oxygens (including phenoxy) is 5. The van der Waals surface area contributed by atoms with Gasteiger partial charge in [-0.1, -0.05) is 67.6 Å². The predicted molar refractivity (Wildman–Crippen MR) is 208 cm³/mol. The predicted octanol–water partition coefficient (Wildman–Crippen LogP) is 5.12. The second-order valence-corrected chi connectivity index (χ2v) is 15.2. The number of nitrogens with zero attached hydrogens (tertiary/aromatic N) is 1. The van der Waals surface area contributed by atoms with Gasteiger partial charge in [-0.3, -0.25) is 9.59 Å². The Hall–Kier alpha value is -4.33. The van der Waals surface area contributed by atoms with Crippen LogP contribution in [0, 0.1) is 29.6 Å². The standard InChI is InChI=1S/C43H57N3O9/c1-26(2)37-19-27(3)40-33(29(5)54-43(50,55-37)24-30-10-8-7-9-11-30)20-32(21-35-34(40)18-28(4)41(35)48)25-52-39(47)23-31-12-13-36(38(22-31)51-6)53-42(49)46(16-14-44)17-15-45/h7-13,18,20,22,27,29,33-35,37,40,50H,1,14-17,19,21,23-25,44-45H2,2-6H3/t27-,29?,33?,34?,35?,37?,40?,43-/m1/s1. The summed E-state index contributed by atoms with van der Waals surface area (Å²) in [6.07, 6.45) is 3.64. The third-order valence-electron chi connectivity index (χ3n) is 11.0. The highest BCUT2D eigenvalue weighted by Gasteiger charge is 2.50. The average Bonchev–Trinajstić information content (AvgIpc) is 3.32. The van der Waals surface area contributed by atoms with Crippen molar-refractivity contribution in [2.24, 2.45) is 41.1 Å². The Morgan fingerprint density at radius 3 is 2.36 bits per heavy atom. The fourth-order valence-electron chi connectivity index (χ4n) is 8.33. The molecule has 5 N–H and O–H groups in total. The van der Waals surface area contributed by atoms with Crippen molar-refractivity contribution in [3.8, 4) is 11.5 Å². The van der Waals surface area contributed by atoms with Gasteiger partial charge >= 0.3 is 12.1 Å². The molecule has 3 aliphatic rings. The minimum absolute atomic E-state index is 0.0111. The van der Waals surface area contributed by atoms with E-state index in [1.807, 2.05) is 51.1 Å². The van der Waals surface area contributed by atoms with Gasteiger partial charge in [0.05, 0.1) is 32.2 Å². The maximum absolute atomic E-state index is 13.7. The number of carbonyl (C=O) groups is 3. The molecular formula is C43H57N3O9. The molecule has 55 heavy (non-hydrogen) atoms. The van der Waals surface area contributed by atoms with E-state index in [0.717, 1.165) is 22.3 Å². The number of hydrogen-bond donors (Lipinski definition) is 3. The number of Topliss-reactive ketones (excluding diaryl/α,β-unsaturated/α-hetero) is 1. The lowest BCUT2D eigenvalue weighted by Gasteiger charge is -2.38. The van der Waals surface area contributed by atoms with Crippen molar-refractivity contribution in [2.45, 2.75) is 71.6 Å². The summed E-state index contributed by atoms with van der Waals surface area (Å²) in [5.74, 6) is -2.46. The number of methoxy groups -OCH3 is 1. The average molecular weight is 760 g/mol. The van der Waals surface area contributed by atoms with Crippen molar-refractivity contribution in [3.63, 3.8) is 0 Å². The van der Waals surface area contributed by atoms with E-state index in [-0.39, 0.29) is 92.5 Å². The zero-order valence-corrected chi connectivity index (χ0v) is 32.7. The molecule has 8 atom stereocenters. The van der Waals surface area contributed by atoms with Crippen molar-refractivity contribution in [2.75, 3.05) is 39.9 Å². The summed E-state index contributed by atoms with van der Waals surface area (Å²) in [5, 5.41) is 12.0. The van der Waals surface area contributed by atoms with E-state index in [4.69, 9.17) is 35.2 Å². The number of amides is 1. The van der Waals surface area contributed by atoms with Crippen LogP contribution >= 0.6 is 0 Å². The van der Waals surface area contributed by atoms with Crippen LogP contribution in [-0.2, 0) is 36.6 Å². The summed E-state index contributed by atoms with van der Waals surface area (Å²) in [6, 6.07) is 14.4. The van der Waals surface area contributed by atoms with Gasteiger partial charge in [0.2, 0.25) is 0 Å². The largest absolute Gasteiger partial charge is 0.493 e. The Bertz CT molecular complexity index is 1750. The van der Waals surface area contributed by atoms with E-state index in [1.54, 1.807) is 18.2 Å². The van der Waals surface area contributed by atoms with Crippen molar-refractivity contribution < 1.29 is 43.2 Å². The molecular weight excluding hydrogens is 702 g/mol. The van der Waals surface area contributed by atoms with E-state index in [1.165, 1.54) is 12.0 Å². The molecule has 1 aliphatic heterocycles. The highest BCUT2D eigenvalue weighted by Crippen LogP contribution is 2.50. The number of fused-ring (bicyclic) bond motifs is 3. The molecule has 0 spiro atoms. The van der Waals surface area contributed by atoms with Crippen molar-refractivity contribution >= 4 is 17.8 Å². The number of aliphatic hydroxyl groups is 1. The third-order valence-corrected chi connectivity index (χ3v) is 11.0. The van der Waals surface area contributed by atoms with Crippen LogP contribution in [0.4, 0.5) is 4.79 Å². The summed E-state index contributed by atoms with van der Waals surface area (Å²) in [7, 11) is 1.45. The van der Waals surface area contributed by atoms with Gasteiger partial charge in [0, 0.05) is 38.0 Å². The smallest absolute Gasteiger partial charge is 0.415 e. The second kappa shape index (κ2) is 18.5. The molecule has 2 aliphatic carbocycles. The lowest BCUT2D eigenvalue weighted by Crippen LogP contribution is -2.45. The molecule has 2 aromatic rings. The molecule has 0 saturated carbocycles. The van der Waals surface area contributed by atoms with Crippen LogP contribution in [0.15, 0.2) is 84.0 Å². The van der Waals surface area contributed by atoms with Gasteiger partial charge in [0.15, 0.2) is 17.3 Å². The zero-order chi connectivity index (χ0) is 39.9. The molecule has 0 bridgehead atoms. The molecule has 5 rings (SSSR count). The minimum atomic E-state index is -1.94. The lowest BCUT2D eigenvalue weighted by atomic mass is 9.68. The highest BCUT2D eigenvalue weighted by atomic mass is 16.8. The first-order chi connectivity index (χ1) is 26.2. The number of carbonyl (C=O) groups excluding carboxylic acids is 3. The van der Waals surface area contributed by atoms with Crippen LogP contribution in [0.3, 0.4) is 0 Å². The Kier molecular flexibility index (Phi) is 14.1. The number of esters is 1. The topological polar surface area (TPSA) is 173 Å². The number of ketones is 1. The third kappa shape index (κ3) is 10.3. The number of nitrogens with two attached hydrogens (primary N) is 2. The molecule has 12 nitrogen and oxygen atoms in total. The van der Waals surface area contributed by atoms with Gasteiger partial charge in [-0.25, -0.2) is 4.79 Å². The van der Waals surface area contributed by atoms with E-state index >= 15 is 0 Å². The number of rotatable bonds is 13.